The molecule has 0 aromatic heterocycles. The van der Waals surface area contributed by atoms with Crippen molar-refractivity contribution in [1.82, 2.24) is 4.90 Å². The van der Waals surface area contributed by atoms with Gasteiger partial charge in [-0.3, -0.25) is 13.8 Å². The molecule has 0 aromatic rings. The quantitative estimate of drug-likeness (QED) is 0.0296. The van der Waals surface area contributed by atoms with Gasteiger partial charge >= 0.3 is 7.82 Å². The van der Waals surface area contributed by atoms with E-state index in [0.717, 1.165) is 32.1 Å². The average molecular weight is 732 g/mol. The van der Waals surface area contributed by atoms with Crippen LogP contribution in [0.25, 0.3) is 0 Å². The number of methoxy groups -OCH3 is 1. The maximum absolute atomic E-state index is 13.3. The molecule has 0 spiro atoms. The summed E-state index contributed by atoms with van der Waals surface area (Å²) in [7, 11) is 5.05. The lowest BCUT2D eigenvalue weighted by atomic mass is 10.0. The van der Waals surface area contributed by atoms with Crippen LogP contribution in [0.1, 0.15) is 181 Å². The van der Waals surface area contributed by atoms with E-state index in [1.807, 2.05) is 27.2 Å². The topological polar surface area (TPSA) is 85.3 Å². The second kappa shape index (κ2) is 32.9. The SMILES string of the molecule is CCCCCCCCCCCCC/C=C/[C@@H](OC)[C@H](COP(=O)(O)OCC[N+](C)(C)C)N(C)C(=O)CCCCCCCCCCCCCCC. The van der Waals surface area contributed by atoms with Crippen LogP contribution in [0.2, 0.25) is 0 Å². The molecule has 0 aliphatic carbocycles. The zero-order chi connectivity index (χ0) is 37.4. The van der Waals surface area contributed by atoms with Crippen LogP contribution in [-0.4, -0.2) is 87.4 Å². The molecule has 3 atom stereocenters. The Bertz CT molecular complexity index is 849. The van der Waals surface area contributed by atoms with E-state index in [9.17, 15) is 14.3 Å². The van der Waals surface area contributed by atoms with Crippen molar-refractivity contribution in [2.24, 2.45) is 0 Å². The molecule has 0 saturated heterocycles. The van der Waals surface area contributed by atoms with Crippen molar-refractivity contribution < 1.29 is 32.5 Å². The second-order valence-electron chi connectivity index (χ2n) is 15.6. The number of carbonyl (C=O) groups excluding carboxylic acids is 1. The number of hydrogen-bond acceptors (Lipinski definition) is 5. The van der Waals surface area contributed by atoms with E-state index < -0.39 is 20.0 Å². The summed E-state index contributed by atoms with van der Waals surface area (Å²) in [5.41, 5.74) is 0. The summed E-state index contributed by atoms with van der Waals surface area (Å²) in [4.78, 5) is 25.4. The van der Waals surface area contributed by atoms with Crippen molar-refractivity contribution in [3.8, 4) is 0 Å². The van der Waals surface area contributed by atoms with E-state index in [1.165, 1.54) is 128 Å². The van der Waals surface area contributed by atoms with E-state index in [4.69, 9.17) is 13.8 Å². The Morgan fingerprint density at radius 3 is 1.54 bits per heavy atom. The zero-order valence-corrected chi connectivity index (χ0v) is 35.0. The standard InChI is InChI=1S/C41H83N2O6P/c1-8-10-12-14-16-18-20-22-24-26-28-30-32-34-40(47-7)39(38-49-50(45,46)48-37-36-43(4,5)6)42(3)41(44)35-33-31-29-27-25-23-21-19-17-15-13-11-9-2/h32,34,39-40H,8-31,33,35-38H2,1-7H3/p+1/b34-32+/t39-,40+/m0/s1. The Hall–Kier alpha value is -0.760. The molecule has 1 unspecified atom stereocenters. The van der Waals surface area contributed by atoms with Crippen LogP contribution < -0.4 is 0 Å². The summed E-state index contributed by atoms with van der Waals surface area (Å²) in [6, 6.07) is -0.550. The number of amides is 1. The summed E-state index contributed by atoms with van der Waals surface area (Å²) in [6.45, 7) is 5.04. The van der Waals surface area contributed by atoms with Crippen LogP contribution in [0, 0.1) is 0 Å². The second-order valence-corrected chi connectivity index (χ2v) is 17.1. The number of allylic oxidation sites excluding steroid dienone is 1. The number of ether oxygens (including phenoxy) is 1. The van der Waals surface area contributed by atoms with E-state index in [2.05, 4.69) is 19.9 Å². The minimum absolute atomic E-state index is 0.00112. The number of hydrogen-bond donors (Lipinski definition) is 1. The Morgan fingerprint density at radius 1 is 0.700 bits per heavy atom. The fourth-order valence-electron chi connectivity index (χ4n) is 6.24. The highest BCUT2D eigenvalue weighted by atomic mass is 31.2. The molecule has 0 radical (unpaired) electrons. The summed E-state index contributed by atoms with van der Waals surface area (Å²) >= 11 is 0. The molecule has 1 N–H and O–H groups in total. The fraction of sp³-hybridized carbons (Fsp3) is 0.927. The van der Waals surface area contributed by atoms with Crippen molar-refractivity contribution in [3.63, 3.8) is 0 Å². The molecular formula is C41H84N2O6P+. The van der Waals surface area contributed by atoms with Gasteiger partial charge in [-0.25, -0.2) is 4.57 Å². The molecule has 298 valence electrons. The number of nitrogens with zero attached hydrogens (tertiary/aromatic N) is 2. The molecule has 0 aromatic carbocycles. The first-order valence-corrected chi connectivity index (χ1v) is 22.3. The Balaban J connectivity index is 4.80. The van der Waals surface area contributed by atoms with Crippen LogP contribution in [-0.2, 0) is 23.1 Å². The van der Waals surface area contributed by atoms with Crippen LogP contribution in [0.3, 0.4) is 0 Å². The number of likely N-dealkylation sites (N-methyl/N-ethyl adjacent to an activating group) is 2. The number of unbranched alkanes of at least 4 members (excludes halogenated alkanes) is 23. The summed E-state index contributed by atoms with van der Waals surface area (Å²) in [5.74, 6) is 0.00112. The van der Waals surface area contributed by atoms with Gasteiger partial charge in [-0.05, 0) is 19.3 Å². The lowest BCUT2D eigenvalue weighted by Gasteiger charge is -2.33. The van der Waals surface area contributed by atoms with Crippen LogP contribution >= 0.6 is 7.82 Å². The van der Waals surface area contributed by atoms with Gasteiger partial charge in [-0.15, -0.1) is 0 Å². The summed E-state index contributed by atoms with van der Waals surface area (Å²) in [5, 5.41) is 0. The molecule has 0 heterocycles. The van der Waals surface area contributed by atoms with Crippen molar-refractivity contribution in [3.05, 3.63) is 12.2 Å². The number of phosphoric ester groups is 1. The third-order valence-corrected chi connectivity index (χ3v) is 10.7. The maximum atomic E-state index is 13.3. The first kappa shape index (κ1) is 49.2. The monoisotopic (exact) mass is 732 g/mol. The molecule has 0 fully saturated rings. The maximum Gasteiger partial charge on any atom is 0.472 e. The summed E-state index contributed by atoms with van der Waals surface area (Å²) in [6.07, 6.45) is 35.8. The smallest absolute Gasteiger partial charge is 0.375 e. The minimum Gasteiger partial charge on any atom is -0.375 e. The predicted octanol–water partition coefficient (Wildman–Crippen LogP) is 11.4. The van der Waals surface area contributed by atoms with Crippen molar-refractivity contribution in [2.75, 3.05) is 55.1 Å². The van der Waals surface area contributed by atoms with Gasteiger partial charge in [0.25, 0.3) is 0 Å². The molecule has 0 aliphatic heterocycles. The molecule has 8 nitrogen and oxygen atoms in total. The Morgan fingerprint density at radius 2 is 1.12 bits per heavy atom. The van der Waals surface area contributed by atoms with Crippen LogP contribution in [0.15, 0.2) is 12.2 Å². The molecule has 9 heteroatoms. The van der Waals surface area contributed by atoms with Gasteiger partial charge < -0.3 is 19.0 Å². The van der Waals surface area contributed by atoms with Crippen LogP contribution in [0.4, 0.5) is 0 Å². The first-order valence-electron chi connectivity index (χ1n) is 20.8. The van der Waals surface area contributed by atoms with Crippen LogP contribution in [0.5, 0.6) is 0 Å². The van der Waals surface area contributed by atoms with Crippen molar-refractivity contribution in [1.29, 1.82) is 0 Å². The fourth-order valence-corrected chi connectivity index (χ4v) is 6.97. The Labute approximate surface area is 310 Å². The molecule has 0 rings (SSSR count). The van der Waals surface area contributed by atoms with Crippen molar-refractivity contribution >= 4 is 13.7 Å². The van der Waals surface area contributed by atoms with Gasteiger partial charge in [0.2, 0.25) is 5.91 Å². The van der Waals surface area contributed by atoms with E-state index in [-0.39, 0.29) is 19.1 Å². The highest BCUT2D eigenvalue weighted by Gasteiger charge is 2.31. The van der Waals surface area contributed by atoms with Gasteiger partial charge in [0.1, 0.15) is 13.2 Å². The predicted molar refractivity (Wildman–Crippen MR) is 213 cm³/mol. The molecule has 0 bridgehead atoms. The Kier molecular flexibility index (Phi) is 32.4. The highest BCUT2D eigenvalue weighted by molar-refractivity contribution is 7.47. The van der Waals surface area contributed by atoms with Gasteiger partial charge in [-0.2, -0.15) is 0 Å². The van der Waals surface area contributed by atoms with Gasteiger partial charge in [0.05, 0.1) is 39.9 Å². The zero-order valence-electron chi connectivity index (χ0n) is 34.1. The van der Waals surface area contributed by atoms with E-state index >= 15 is 0 Å². The third-order valence-electron chi connectivity index (χ3n) is 9.76. The summed E-state index contributed by atoms with van der Waals surface area (Å²) < 4.78 is 29.9. The molecule has 0 aliphatic rings. The van der Waals surface area contributed by atoms with E-state index in [0.29, 0.717) is 17.4 Å². The first-order chi connectivity index (χ1) is 24.0. The molecule has 50 heavy (non-hydrogen) atoms. The minimum atomic E-state index is -4.29. The number of phosphoric acid groups is 1. The number of quaternary nitrogens is 1. The average Bonchev–Trinajstić information content (AvgIpc) is 3.06. The number of carbonyl (C=O) groups is 1. The molecular weight excluding hydrogens is 647 g/mol. The molecule has 0 saturated carbocycles. The normalized spacial score (nSPS) is 14.6. The number of rotatable bonds is 37. The lowest BCUT2D eigenvalue weighted by Crippen LogP contribution is -2.47. The highest BCUT2D eigenvalue weighted by Crippen LogP contribution is 2.43. The van der Waals surface area contributed by atoms with Gasteiger partial charge in [0, 0.05) is 20.6 Å². The van der Waals surface area contributed by atoms with E-state index in [1.54, 1.807) is 19.1 Å². The largest absolute Gasteiger partial charge is 0.472 e. The van der Waals surface area contributed by atoms with Gasteiger partial charge in [0.15, 0.2) is 0 Å². The van der Waals surface area contributed by atoms with Crippen molar-refractivity contribution in [2.45, 2.75) is 193 Å². The lowest BCUT2D eigenvalue weighted by molar-refractivity contribution is -0.870. The third kappa shape index (κ3) is 30.8. The van der Waals surface area contributed by atoms with Gasteiger partial charge in [-0.1, -0.05) is 167 Å². The molecule has 1 amide bonds.